The first-order valence-electron chi connectivity index (χ1n) is 4.99. The third kappa shape index (κ3) is 1.52. The van der Waals surface area contributed by atoms with Gasteiger partial charge in [0, 0.05) is 0 Å². The molecule has 14 heavy (non-hydrogen) atoms. The first-order chi connectivity index (χ1) is 6.68. The van der Waals surface area contributed by atoms with Crippen LogP contribution in [0.5, 0.6) is 0 Å². The van der Waals surface area contributed by atoms with Crippen LogP contribution in [0.25, 0.3) is 0 Å². The van der Waals surface area contributed by atoms with Crippen molar-refractivity contribution in [3.63, 3.8) is 0 Å². The molecule has 0 aromatic heterocycles. The van der Waals surface area contributed by atoms with Crippen molar-refractivity contribution in [2.24, 2.45) is 5.92 Å². The van der Waals surface area contributed by atoms with Crippen molar-refractivity contribution >= 4 is 5.97 Å². The van der Waals surface area contributed by atoms with E-state index in [1.165, 1.54) is 11.1 Å². The van der Waals surface area contributed by atoms with E-state index < -0.39 is 5.97 Å². The molecule has 0 spiro atoms. The summed E-state index contributed by atoms with van der Waals surface area (Å²) in [6, 6.07) is 8.16. The summed E-state index contributed by atoms with van der Waals surface area (Å²) in [5.74, 6) is -0.479. The molecule has 2 heteroatoms. The van der Waals surface area contributed by atoms with Gasteiger partial charge in [-0.1, -0.05) is 31.2 Å². The van der Waals surface area contributed by atoms with E-state index in [9.17, 15) is 4.79 Å². The van der Waals surface area contributed by atoms with Gasteiger partial charge in [-0.05, 0) is 29.9 Å². The first kappa shape index (κ1) is 9.25. The molecule has 0 bridgehead atoms. The molecule has 1 aromatic rings. The van der Waals surface area contributed by atoms with E-state index in [1.807, 2.05) is 18.2 Å². The number of rotatable bonds is 1. The summed E-state index contributed by atoms with van der Waals surface area (Å²) in [5, 5.41) is 8.98. The second-order valence-corrected chi connectivity index (χ2v) is 4.07. The normalized spacial score (nSPS) is 25.5. The Bertz CT molecular complexity index is 357. The molecule has 2 unspecified atom stereocenters. The molecule has 0 saturated carbocycles. The summed E-state index contributed by atoms with van der Waals surface area (Å²) >= 11 is 0. The van der Waals surface area contributed by atoms with Crippen LogP contribution in [0, 0.1) is 5.92 Å². The maximum absolute atomic E-state index is 10.9. The SMILES string of the molecule is CC1CC(C(=O)O)Cc2ccccc21. The lowest BCUT2D eigenvalue weighted by Crippen LogP contribution is -2.23. The molecule has 0 fully saturated rings. The van der Waals surface area contributed by atoms with E-state index >= 15 is 0 Å². The van der Waals surface area contributed by atoms with Crippen LogP contribution in [0.2, 0.25) is 0 Å². The van der Waals surface area contributed by atoms with Crippen LogP contribution < -0.4 is 0 Å². The second-order valence-electron chi connectivity index (χ2n) is 4.07. The van der Waals surface area contributed by atoms with Gasteiger partial charge in [0.2, 0.25) is 0 Å². The monoisotopic (exact) mass is 190 g/mol. The molecule has 2 atom stereocenters. The molecule has 2 rings (SSSR count). The van der Waals surface area contributed by atoms with Gasteiger partial charge in [-0.25, -0.2) is 0 Å². The van der Waals surface area contributed by atoms with Crippen molar-refractivity contribution < 1.29 is 9.90 Å². The summed E-state index contributed by atoms with van der Waals surface area (Å²) in [6.07, 6.45) is 1.46. The molecule has 1 N–H and O–H groups in total. The minimum absolute atomic E-state index is 0.195. The number of carboxylic acid groups (broad SMARTS) is 1. The number of carboxylic acids is 1. The van der Waals surface area contributed by atoms with E-state index in [1.54, 1.807) is 0 Å². The number of hydrogen-bond donors (Lipinski definition) is 1. The average molecular weight is 190 g/mol. The summed E-state index contributed by atoms with van der Waals surface area (Å²) < 4.78 is 0. The zero-order chi connectivity index (χ0) is 10.1. The maximum Gasteiger partial charge on any atom is 0.306 e. The Hall–Kier alpha value is -1.31. The highest BCUT2D eigenvalue weighted by Crippen LogP contribution is 2.34. The Morgan fingerprint density at radius 3 is 2.86 bits per heavy atom. The van der Waals surface area contributed by atoms with Gasteiger partial charge in [-0.15, -0.1) is 0 Å². The van der Waals surface area contributed by atoms with Gasteiger partial charge in [0.25, 0.3) is 0 Å². The van der Waals surface area contributed by atoms with Crippen molar-refractivity contribution in [2.45, 2.75) is 25.7 Å². The maximum atomic E-state index is 10.9. The van der Waals surface area contributed by atoms with Gasteiger partial charge in [0.05, 0.1) is 5.92 Å². The Balaban J connectivity index is 2.33. The summed E-state index contributed by atoms with van der Waals surface area (Å²) in [6.45, 7) is 2.11. The Kier molecular flexibility index (Phi) is 2.28. The zero-order valence-electron chi connectivity index (χ0n) is 8.23. The molecule has 0 radical (unpaired) electrons. The van der Waals surface area contributed by atoms with Crippen LogP contribution in [0.15, 0.2) is 24.3 Å². The number of carbonyl (C=O) groups is 1. The van der Waals surface area contributed by atoms with Crippen molar-refractivity contribution in [3.8, 4) is 0 Å². The minimum Gasteiger partial charge on any atom is -0.481 e. The lowest BCUT2D eigenvalue weighted by Gasteiger charge is -2.26. The van der Waals surface area contributed by atoms with Gasteiger partial charge in [0.1, 0.15) is 0 Å². The molecule has 0 aliphatic heterocycles. The van der Waals surface area contributed by atoms with Gasteiger partial charge in [-0.2, -0.15) is 0 Å². The minimum atomic E-state index is -0.661. The van der Waals surface area contributed by atoms with Crippen LogP contribution in [0.1, 0.15) is 30.4 Å². The summed E-state index contributed by atoms with van der Waals surface area (Å²) in [5.41, 5.74) is 2.53. The average Bonchev–Trinajstić information content (AvgIpc) is 2.17. The standard InChI is InChI=1S/C12H14O2/c1-8-6-10(12(13)14)7-9-4-2-3-5-11(8)9/h2-5,8,10H,6-7H2,1H3,(H,13,14). The molecular formula is C12H14O2. The topological polar surface area (TPSA) is 37.3 Å². The smallest absolute Gasteiger partial charge is 0.306 e. The van der Waals surface area contributed by atoms with Crippen LogP contribution >= 0.6 is 0 Å². The third-order valence-corrected chi connectivity index (χ3v) is 3.04. The van der Waals surface area contributed by atoms with Crippen LogP contribution in [-0.4, -0.2) is 11.1 Å². The number of hydrogen-bond acceptors (Lipinski definition) is 1. The Morgan fingerprint density at radius 2 is 2.14 bits per heavy atom. The molecule has 1 aliphatic rings. The molecule has 2 nitrogen and oxygen atoms in total. The molecule has 1 aromatic carbocycles. The van der Waals surface area contributed by atoms with Crippen molar-refractivity contribution in [3.05, 3.63) is 35.4 Å². The fraction of sp³-hybridized carbons (Fsp3) is 0.417. The highest BCUT2D eigenvalue weighted by atomic mass is 16.4. The Morgan fingerprint density at radius 1 is 1.43 bits per heavy atom. The van der Waals surface area contributed by atoms with Crippen LogP contribution in [0.3, 0.4) is 0 Å². The van der Waals surface area contributed by atoms with Crippen LogP contribution in [0.4, 0.5) is 0 Å². The number of fused-ring (bicyclic) bond motifs is 1. The lowest BCUT2D eigenvalue weighted by atomic mass is 9.78. The number of aliphatic carboxylic acids is 1. The molecule has 74 valence electrons. The van der Waals surface area contributed by atoms with Crippen molar-refractivity contribution in [1.82, 2.24) is 0 Å². The van der Waals surface area contributed by atoms with Gasteiger partial charge in [0.15, 0.2) is 0 Å². The molecular weight excluding hydrogens is 176 g/mol. The van der Waals surface area contributed by atoms with Gasteiger partial charge >= 0.3 is 5.97 Å². The quantitative estimate of drug-likeness (QED) is 0.738. The lowest BCUT2D eigenvalue weighted by molar-refractivity contribution is -0.142. The predicted molar refractivity (Wildman–Crippen MR) is 54.3 cm³/mol. The second kappa shape index (κ2) is 3.45. The van der Waals surface area contributed by atoms with Crippen LogP contribution in [-0.2, 0) is 11.2 Å². The van der Waals surface area contributed by atoms with E-state index in [-0.39, 0.29) is 5.92 Å². The fourth-order valence-corrected chi connectivity index (χ4v) is 2.29. The van der Waals surface area contributed by atoms with Gasteiger partial charge < -0.3 is 5.11 Å². The zero-order valence-corrected chi connectivity index (χ0v) is 8.23. The molecule has 0 saturated heterocycles. The van der Waals surface area contributed by atoms with E-state index in [4.69, 9.17) is 5.11 Å². The van der Waals surface area contributed by atoms with E-state index in [0.29, 0.717) is 12.3 Å². The highest BCUT2D eigenvalue weighted by molar-refractivity contribution is 5.71. The summed E-state index contributed by atoms with van der Waals surface area (Å²) in [4.78, 5) is 10.9. The Labute approximate surface area is 83.6 Å². The fourth-order valence-electron chi connectivity index (χ4n) is 2.29. The number of benzene rings is 1. The summed E-state index contributed by atoms with van der Waals surface area (Å²) in [7, 11) is 0. The van der Waals surface area contributed by atoms with Crippen molar-refractivity contribution in [1.29, 1.82) is 0 Å². The molecule has 0 amide bonds. The molecule has 1 aliphatic carbocycles. The largest absolute Gasteiger partial charge is 0.481 e. The highest BCUT2D eigenvalue weighted by Gasteiger charge is 2.28. The van der Waals surface area contributed by atoms with E-state index in [0.717, 1.165) is 6.42 Å². The van der Waals surface area contributed by atoms with E-state index in [2.05, 4.69) is 13.0 Å². The predicted octanol–water partition coefficient (Wildman–Crippen LogP) is 2.44. The third-order valence-electron chi connectivity index (χ3n) is 3.04. The first-order valence-corrected chi connectivity index (χ1v) is 4.99. The molecule has 0 heterocycles. The van der Waals surface area contributed by atoms with Crippen molar-refractivity contribution in [2.75, 3.05) is 0 Å². The van der Waals surface area contributed by atoms with Gasteiger partial charge in [-0.3, -0.25) is 4.79 Å².